The monoisotopic (exact) mass is 353 g/mol. The van der Waals surface area contributed by atoms with Gasteiger partial charge in [-0.2, -0.15) is 0 Å². The Balaban J connectivity index is 2.15. The summed E-state index contributed by atoms with van der Waals surface area (Å²) in [5, 5.41) is 0. The van der Waals surface area contributed by atoms with E-state index < -0.39 is 5.60 Å². The average molecular weight is 353 g/mol. The summed E-state index contributed by atoms with van der Waals surface area (Å²) in [5.41, 5.74) is 1.31. The first-order chi connectivity index (χ1) is 12.4. The largest absolute Gasteiger partial charge is 0.443 e. The van der Waals surface area contributed by atoms with E-state index in [4.69, 9.17) is 9.47 Å². The zero-order chi connectivity index (χ0) is 19.0. The van der Waals surface area contributed by atoms with Crippen molar-refractivity contribution in [3.05, 3.63) is 78.4 Å². The third-order valence-corrected chi connectivity index (χ3v) is 3.66. The molecular formula is C22H27NO3. The van der Waals surface area contributed by atoms with E-state index in [0.29, 0.717) is 6.54 Å². The Labute approximate surface area is 156 Å². The molecule has 0 spiro atoms. The zero-order valence-electron chi connectivity index (χ0n) is 15.9. The summed E-state index contributed by atoms with van der Waals surface area (Å²) in [6.07, 6.45) is 3.35. The summed E-state index contributed by atoms with van der Waals surface area (Å²) in [6, 6.07) is 19.5. The Kier molecular flexibility index (Phi) is 6.98. The maximum Gasteiger partial charge on any atom is 0.415 e. The summed E-state index contributed by atoms with van der Waals surface area (Å²) in [6.45, 7) is 5.98. The second-order valence-corrected chi connectivity index (χ2v) is 6.92. The highest BCUT2D eigenvalue weighted by Gasteiger charge is 2.22. The fourth-order valence-corrected chi connectivity index (χ4v) is 2.47. The lowest BCUT2D eigenvalue weighted by Gasteiger charge is -2.26. The molecule has 1 unspecified atom stereocenters. The Morgan fingerprint density at radius 3 is 2.15 bits per heavy atom. The molecule has 4 nitrogen and oxygen atoms in total. The molecular weight excluding hydrogens is 326 g/mol. The standard InChI is InChI=1S/C22H27NO3/c1-22(2,3)26-21(24)23(19-14-9-6-10-15-19)17-11-16-20(25-4)18-12-7-5-8-13-18/h5-16,20H,17H2,1-4H3/b16-11-. The Hall–Kier alpha value is -2.59. The van der Waals surface area contributed by atoms with Crippen LogP contribution in [-0.2, 0) is 9.47 Å². The molecule has 1 amide bonds. The summed E-state index contributed by atoms with van der Waals surface area (Å²) < 4.78 is 11.1. The first-order valence-corrected chi connectivity index (χ1v) is 8.70. The SMILES string of the molecule is COC(/C=C\CN(C(=O)OC(C)(C)C)c1ccccc1)c1ccccc1. The van der Waals surface area contributed by atoms with Gasteiger partial charge in [0.25, 0.3) is 0 Å². The Morgan fingerprint density at radius 1 is 1.04 bits per heavy atom. The highest BCUT2D eigenvalue weighted by molar-refractivity contribution is 5.88. The number of ether oxygens (including phenoxy) is 2. The van der Waals surface area contributed by atoms with Crippen molar-refractivity contribution in [1.82, 2.24) is 0 Å². The van der Waals surface area contributed by atoms with Crippen LogP contribution in [0.25, 0.3) is 0 Å². The summed E-state index contributed by atoms with van der Waals surface area (Å²) in [7, 11) is 1.67. The van der Waals surface area contributed by atoms with Gasteiger partial charge in [-0.05, 0) is 38.5 Å². The topological polar surface area (TPSA) is 38.8 Å². The minimum absolute atomic E-state index is 0.160. The second-order valence-electron chi connectivity index (χ2n) is 6.92. The van der Waals surface area contributed by atoms with Gasteiger partial charge in [0.15, 0.2) is 0 Å². The van der Waals surface area contributed by atoms with E-state index in [2.05, 4.69) is 0 Å². The molecule has 0 fully saturated rings. The number of carbonyl (C=O) groups excluding carboxylic acids is 1. The van der Waals surface area contributed by atoms with Gasteiger partial charge in [0.2, 0.25) is 0 Å². The van der Waals surface area contributed by atoms with Crippen LogP contribution in [0.5, 0.6) is 0 Å². The maximum absolute atomic E-state index is 12.6. The quantitative estimate of drug-likeness (QED) is 0.655. The first kappa shape index (κ1) is 19.7. The lowest BCUT2D eigenvalue weighted by molar-refractivity contribution is 0.0584. The fourth-order valence-electron chi connectivity index (χ4n) is 2.47. The molecule has 0 aliphatic heterocycles. The van der Waals surface area contributed by atoms with Crippen LogP contribution < -0.4 is 4.90 Å². The van der Waals surface area contributed by atoms with E-state index in [1.54, 1.807) is 12.0 Å². The van der Waals surface area contributed by atoms with Crippen molar-refractivity contribution in [2.75, 3.05) is 18.6 Å². The van der Waals surface area contributed by atoms with Crippen LogP contribution in [0.3, 0.4) is 0 Å². The second kappa shape index (κ2) is 9.20. The van der Waals surface area contributed by atoms with Crippen molar-refractivity contribution in [1.29, 1.82) is 0 Å². The molecule has 26 heavy (non-hydrogen) atoms. The Morgan fingerprint density at radius 2 is 1.62 bits per heavy atom. The van der Waals surface area contributed by atoms with E-state index in [0.717, 1.165) is 11.3 Å². The van der Waals surface area contributed by atoms with Gasteiger partial charge >= 0.3 is 6.09 Å². The molecule has 2 rings (SSSR count). The zero-order valence-corrected chi connectivity index (χ0v) is 15.9. The fraction of sp³-hybridized carbons (Fsp3) is 0.318. The number of hydrogen-bond donors (Lipinski definition) is 0. The molecule has 1 atom stereocenters. The number of benzene rings is 2. The first-order valence-electron chi connectivity index (χ1n) is 8.70. The average Bonchev–Trinajstić information content (AvgIpc) is 2.62. The smallest absolute Gasteiger partial charge is 0.415 e. The van der Waals surface area contributed by atoms with Gasteiger partial charge in [-0.25, -0.2) is 4.79 Å². The molecule has 0 saturated heterocycles. The molecule has 138 valence electrons. The predicted octanol–water partition coefficient (Wildman–Crippen LogP) is 5.37. The molecule has 0 saturated carbocycles. The number of amides is 1. The molecule has 0 radical (unpaired) electrons. The van der Waals surface area contributed by atoms with Crippen molar-refractivity contribution in [3.8, 4) is 0 Å². The van der Waals surface area contributed by atoms with Gasteiger partial charge in [-0.15, -0.1) is 0 Å². The van der Waals surface area contributed by atoms with Crippen LogP contribution in [0.15, 0.2) is 72.8 Å². The van der Waals surface area contributed by atoms with E-state index >= 15 is 0 Å². The van der Waals surface area contributed by atoms with E-state index in [1.807, 2.05) is 93.6 Å². The van der Waals surface area contributed by atoms with Crippen molar-refractivity contribution >= 4 is 11.8 Å². The third-order valence-electron chi connectivity index (χ3n) is 3.66. The van der Waals surface area contributed by atoms with Crippen LogP contribution in [0, 0.1) is 0 Å². The third kappa shape index (κ3) is 6.05. The number of anilines is 1. The normalized spacial score (nSPS) is 12.8. The van der Waals surface area contributed by atoms with E-state index in [9.17, 15) is 4.79 Å². The molecule has 0 heterocycles. The van der Waals surface area contributed by atoms with Crippen LogP contribution in [0.1, 0.15) is 32.4 Å². The molecule has 0 aliphatic rings. The molecule has 0 N–H and O–H groups in total. The number of hydrogen-bond acceptors (Lipinski definition) is 3. The van der Waals surface area contributed by atoms with Crippen LogP contribution >= 0.6 is 0 Å². The van der Waals surface area contributed by atoms with Gasteiger partial charge in [-0.1, -0.05) is 60.7 Å². The number of carbonyl (C=O) groups is 1. The predicted molar refractivity (Wildman–Crippen MR) is 105 cm³/mol. The van der Waals surface area contributed by atoms with Gasteiger partial charge in [-0.3, -0.25) is 4.90 Å². The maximum atomic E-state index is 12.6. The van der Waals surface area contributed by atoms with E-state index in [1.165, 1.54) is 0 Å². The van der Waals surface area contributed by atoms with Crippen LogP contribution in [0.2, 0.25) is 0 Å². The van der Waals surface area contributed by atoms with Gasteiger partial charge in [0, 0.05) is 19.3 Å². The minimum Gasteiger partial charge on any atom is -0.443 e. The van der Waals surface area contributed by atoms with Gasteiger partial charge in [0.05, 0.1) is 0 Å². The van der Waals surface area contributed by atoms with Crippen molar-refractivity contribution < 1.29 is 14.3 Å². The summed E-state index contributed by atoms with van der Waals surface area (Å²) in [4.78, 5) is 14.2. The molecule has 0 aliphatic carbocycles. The van der Waals surface area contributed by atoms with Gasteiger partial charge < -0.3 is 9.47 Å². The lowest BCUT2D eigenvalue weighted by Crippen LogP contribution is -2.37. The van der Waals surface area contributed by atoms with Gasteiger partial charge in [0.1, 0.15) is 11.7 Å². The number of rotatable bonds is 6. The number of nitrogens with zero attached hydrogens (tertiary/aromatic N) is 1. The van der Waals surface area contributed by atoms with Crippen LogP contribution in [0.4, 0.5) is 10.5 Å². The molecule has 2 aromatic carbocycles. The van der Waals surface area contributed by atoms with Crippen molar-refractivity contribution in [2.45, 2.75) is 32.5 Å². The van der Waals surface area contributed by atoms with Crippen molar-refractivity contribution in [3.63, 3.8) is 0 Å². The van der Waals surface area contributed by atoms with E-state index in [-0.39, 0.29) is 12.2 Å². The van der Waals surface area contributed by atoms with Crippen molar-refractivity contribution in [2.24, 2.45) is 0 Å². The minimum atomic E-state index is -0.549. The van der Waals surface area contributed by atoms with Crippen LogP contribution in [-0.4, -0.2) is 25.3 Å². The Bertz CT molecular complexity index is 705. The summed E-state index contributed by atoms with van der Waals surface area (Å²) in [5.74, 6) is 0. The number of methoxy groups -OCH3 is 1. The lowest BCUT2D eigenvalue weighted by atomic mass is 10.1. The molecule has 2 aromatic rings. The highest BCUT2D eigenvalue weighted by atomic mass is 16.6. The number of para-hydroxylation sites is 1. The molecule has 0 aromatic heterocycles. The molecule has 0 bridgehead atoms. The highest BCUT2D eigenvalue weighted by Crippen LogP contribution is 2.20. The summed E-state index contributed by atoms with van der Waals surface area (Å²) >= 11 is 0. The molecule has 4 heteroatoms.